The number of nitro groups is 1. The Morgan fingerprint density at radius 1 is 1.50 bits per heavy atom. The Balaban J connectivity index is 2.62. The van der Waals surface area contributed by atoms with Crippen molar-refractivity contribution in [1.29, 1.82) is 0 Å². The minimum Gasteiger partial charge on any atom is -0.478 e. The van der Waals surface area contributed by atoms with Crippen LogP contribution in [0.5, 0.6) is 0 Å². The summed E-state index contributed by atoms with van der Waals surface area (Å²) in [5.41, 5.74) is -1.01. The van der Waals surface area contributed by atoms with Crippen LogP contribution in [0.3, 0.4) is 0 Å². The third kappa shape index (κ3) is 1.90. The maximum absolute atomic E-state index is 13.6. The lowest BCUT2D eigenvalue weighted by atomic mass is 10.1. The number of halogens is 1. The number of carboxylic acid groups (broad SMARTS) is 1. The number of hydrogen-bond acceptors (Lipinski definition) is 4. The maximum Gasteiger partial charge on any atom is 0.338 e. The zero-order chi connectivity index (χ0) is 13.3. The van der Waals surface area contributed by atoms with Gasteiger partial charge in [-0.1, -0.05) is 6.07 Å². The molecule has 1 N–H and O–H groups in total. The average Bonchev–Trinajstić information content (AvgIpc) is 2.77. The monoisotopic (exact) mass is 251 g/mol. The SMILES string of the molecule is O=C(O)c1cccc(F)c1-n1cc([N+](=O)[O-])cn1. The van der Waals surface area contributed by atoms with Crippen LogP contribution in [0.1, 0.15) is 10.4 Å². The van der Waals surface area contributed by atoms with Crippen LogP contribution in [0, 0.1) is 15.9 Å². The summed E-state index contributed by atoms with van der Waals surface area (Å²) in [4.78, 5) is 20.7. The van der Waals surface area contributed by atoms with Crippen molar-refractivity contribution in [3.05, 3.63) is 52.1 Å². The number of rotatable bonds is 3. The lowest BCUT2D eigenvalue weighted by molar-refractivity contribution is -0.384. The number of aromatic carboxylic acids is 1. The first-order chi connectivity index (χ1) is 8.50. The number of para-hydroxylation sites is 1. The number of carbonyl (C=O) groups is 1. The van der Waals surface area contributed by atoms with Crippen molar-refractivity contribution in [2.75, 3.05) is 0 Å². The van der Waals surface area contributed by atoms with E-state index < -0.39 is 16.7 Å². The molecule has 2 rings (SSSR count). The Morgan fingerprint density at radius 2 is 2.22 bits per heavy atom. The van der Waals surface area contributed by atoms with E-state index in [1.165, 1.54) is 12.1 Å². The molecule has 0 fully saturated rings. The van der Waals surface area contributed by atoms with E-state index in [2.05, 4.69) is 5.10 Å². The van der Waals surface area contributed by atoms with Gasteiger partial charge >= 0.3 is 11.7 Å². The fraction of sp³-hybridized carbons (Fsp3) is 0. The van der Waals surface area contributed by atoms with Crippen molar-refractivity contribution in [2.45, 2.75) is 0 Å². The predicted octanol–water partition coefficient (Wildman–Crippen LogP) is 1.62. The maximum atomic E-state index is 13.6. The summed E-state index contributed by atoms with van der Waals surface area (Å²) in [6.45, 7) is 0. The van der Waals surface area contributed by atoms with E-state index in [0.717, 1.165) is 23.1 Å². The molecule has 0 atom stereocenters. The first kappa shape index (κ1) is 11.7. The zero-order valence-corrected chi connectivity index (χ0v) is 8.78. The quantitative estimate of drug-likeness (QED) is 0.660. The van der Waals surface area contributed by atoms with Gasteiger partial charge in [-0.2, -0.15) is 5.10 Å². The molecule has 0 bridgehead atoms. The lowest BCUT2D eigenvalue weighted by Crippen LogP contribution is -2.08. The first-order valence-corrected chi connectivity index (χ1v) is 4.72. The molecule has 0 radical (unpaired) electrons. The van der Waals surface area contributed by atoms with Crippen molar-refractivity contribution in [2.24, 2.45) is 0 Å². The number of carboxylic acids is 1. The Morgan fingerprint density at radius 3 is 2.78 bits per heavy atom. The second-order valence-electron chi connectivity index (χ2n) is 3.34. The van der Waals surface area contributed by atoms with Gasteiger partial charge in [0.2, 0.25) is 0 Å². The van der Waals surface area contributed by atoms with Gasteiger partial charge in [0, 0.05) is 0 Å². The number of nitrogens with zero attached hydrogens (tertiary/aromatic N) is 3. The van der Waals surface area contributed by atoms with Crippen molar-refractivity contribution in [1.82, 2.24) is 9.78 Å². The molecule has 0 saturated heterocycles. The Kier molecular flexibility index (Phi) is 2.76. The highest BCUT2D eigenvalue weighted by molar-refractivity contribution is 5.92. The molecule has 2 aromatic rings. The normalized spacial score (nSPS) is 10.3. The summed E-state index contributed by atoms with van der Waals surface area (Å²) in [5, 5.41) is 23.0. The molecule has 0 aliphatic heterocycles. The minimum atomic E-state index is -1.34. The molecule has 92 valence electrons. The molecule has 0 saturated carbocycles. The van der Waals surface area contributed by atoms with Crippen LogP contribution in [-0.4, -0.2) is 25.8 Å². The second kappa shape index (κ2) is 4.24. The molecule has 0 spiro atoms. The third-order valence-corrected chi connectivity index (χ3v) is 2.23. The highest BCUT2D eigenvalue weighted by Crippen LogP contribution is 2.20. The van der Waals surface area contributed by atoms with Gasteiger partial charge < -0.3 is 5.11 Å². The van der Waals surface area contributed by atoms with Gasteiger partial charge in [-0.3, -0.25) is 10.1 Å². The highest BCUT2D eigenvalue weighted by Gasteiger charge is 2.19. The van der Waals surface area contributed by atoms with E-state index in [0.29, 0.717) is 0 Å². The van der Waals surface area contributed by atoms with Crippen LogP contribution in [0.15, 0.2) is 30.6 Å². The van der Waals surface area contributed by atoms with Gasteiger partial charge in [0.1, 0.15) is 23.9 Å². The van der Waals surface area contributed by atoms with Crippen molar-refractivity contribution < 1.29 is 19.2 Å². The molecule has 1 aromatic heterocycles. The standard InChI is InChI=1S/C10H6FN3O4/c11-8-3-1-2-7(10(15)16)9(8)13-5-6(4-12-13)14(17)18/h1-5H,(H,15,16). The number of benzene rings is 1. The predicted molar refractivity (Wildman–Crippen MR) is 57.1 cm³/mol. The molecule has 18 heavy (non-hydrogen) atoms. The Labute approximate surface area is 99.2 Å². The molecule has 0 aliphatic carbocycles. The van der Waals surface area contributed by atoms with Crippen molar-refractivity contribution in [3.63, 3.8) is 0 Å². The molecule has 7 nitrogen and oxygen atoms in total. The number of aromatic nitrogens is 2. The van der Waals surface area contributed by atoms with Gasteiger partial charge in [0.15, 0.2) is 0 Å². The minimum absolute atomic E-state index is 0.326. The average molecular weight is 251 g/mol. The molecule has 1 heterocycles. The molecule has 1 aromatic carbocycles. The number of hydrogen-bond donors (Lipinski definition) is 1. The van der Waals surface area contributed by atoms with E-state index in [4.69, 9.17) is 5.11 Å². The van der Waals surface area contributed by atoms with Crippen molar-refractivity contribution >= 4 is 11.7 Å². The molecule has 0 amide bonds. The fourth-order valence-electron chi connectivity index (χ4n) is 1.45. The summed E-state index contributed by atoms with van der Waals surface area (Å²) >= 11 is 0. The second-order valence-corrected chi connectivity index (χ2v) is 3.34. The molecule has 0 aliphatic rings. The summed E-state index contributed by atoms with van der Waals surface area (Å²) < 4.78 is 14.4. The molecule has 8 heteroatoms. The van der Waals surface area contributed by atoms with Gasteiger partial charge in [-0.25, -0.2) is 13.9 Å². The third-order valence-electron chi connectivity index (χ3n) is 2.23. The van der Waals surface area contributed by atoms with Gasteiger partial charge in [-0.15, -0.1) is 0 Å². The molecule has 0 unspecified atom stereocenters. The van der Waals surface area contributed by atoms with E-state index in [-0.39, 0.29) is 16.9 Å². The molecular formula is C10H6FN3O4. The lowest BCUT2D eigenvalue weighted by Gasteiger charge is -2.06. The van der Waals surface area contributed by atoms with E-state index in [9.17, 15) is 19.3 Å². The van der Waals surface area contributed by atoms with E-state index >= 15 is 0 Å². The summed E-state index contributed by atoms with van der Waals surface area (Å²) in [5.74, 6) is -2.17. The summed E-state index contributed by atoms with van der Waals surface area (Å²) in [6, 6.07) is 3.48. The van der Waals surface area contributed by atoms with Crippen LogP contribution in [0.2, 0.25) is 0 Å². The van der Waals surface area contributed by atoms with Crippen LogP contribution < -0.4 is 0 Å². The van der Waals surface area contributed by atoms with Crippen LogP contribution in [0.25, 0.3) is 5.69 Å². The van der Waals surface area contributed by atoms with E-state index in [1.807, 2.05) is 0 Å². The topological polar surface area (TPSA) is 98.3 Å². The largest absolute Gasteiger partial charge is 0.478 e. The summed E-state index contributed by atoms with van der Waals surface area (Å²) in [6.07, 6.45) is 1.86. The summed E-state index contributed by atoms with van der Waals surface area (Å²) in [7, 11) is 0. The van der Waals surface area contributed by atoms with Crippen LogP contribution in [-0.2, 0) is 0 Å². The fourth-order valence-corrected chi connectivity index (χ4v) is 1.45. The Hall–Kier alpha value is -2.77. The van der Waals surface area contributed by atoms with Gasteiger partial charge in [0.05, 0.1) is 10.5 Å². The van der Waals surface area contributed by atoms with Crippen LogP contribution in [0.4, 0.5) is 10.1 Å². The van der Waals surface area contributed by atoms with Gasteiger partial charge in [0.25, 0.3) is 0 Å². The van der Waals surface area contributed by atoms with E-state index in [1.54, 1.807) is 0 Å². The highest BCUT2D eigenvalue weighted by atomic mass is 19.1. The first-order valence-electron chi connectivity index (χ1n) is 4.72. The van der Waals surface area contributed by atoms with Crippen LogP contribution >= 0.6 is 0 Å². The smallest absolute Gasteiger partial charge is 0.338 e. The molecular weight excluding hydrogens is 245 g/mol. The van der Waals surface area contributed by atoms with Gasteiger partial charge in [-0.05, 0) is 12.1 Å². The zero-order valence-electron chi connectivity index (χ0n) is 8.78. The Bertz CT molecular complexity index is 638. The van der Waals surface area contributed by atoms with Crippen molar-refractivity contribution in [3.8, 4) is 5.69 Å².